The maximum atomic E-state index is 5.15. The number of pyridine rings is 1. The van der Waals surface area contributed by atoms with Gasteiger partial charge in [-0.15, -0.1) is 0 Å². The van der Waals surface area contributed by atoms with Gasteiger partial charge in [-0.1, -0.05) is 97.9 Å². The van der Waals surface area contributed by atoms with E-state index < -0.39 is 0 Å². The molecule has 0 spiro atoms. The molecule has 0 atom stereocenters. The summed E-state index contributed by atoms with van der Waals surface area (Å²) in [4.78, 5) is 15.3. The normalized spacial score (nSPS) is 12.5. The van der Waals surface area contributed by atoms with Crippen LogP contribution in [0.4, 0.5) is 11.4 Å². The Morgan fingerprint density at radius 3 is 1.08 bits per heavy atom. The van der Waals surface area contributed by atoms with Crippen molar-refractivity contribution in [3.8, 4) is 0 Å². The van der Waals surface area contributed by atoms with Gasteiger partial charge in [-0.3, -0.25) is 9.98 Å². The number of rotatable bonds is 8. The molecule has 1 heterocycles. The van der Waals surface area contributed by atoms with E-state index in [0.717, 1.165) is 34.2 Å². The number of halogens is 2. The number of para-hydroxylation sites is 2. The Hall–Kier alpha value is -1.09. The molecule has 2 aromatic carbocycles. The van der Waals surface area contributed by atoms with Crippen molar-refractivity contribution in [1.82, 2.24) is 4.98 Å². The van der Waals surface area contributed by atoms with Gasteiger partial charge in [0.25, 0.3) is 0 Å². The molecule has 0 radical (unpaired) electrons. The molecule has 0 aliphatic rings. The fraction of sp³-hybridized carbons (Fsp3) is 0.424. The average Bonchev–Trinajstić information content (AvgIpc) is 2.88. The second-order valence-electron chi connectivity index (χ2n) is 11.0. The summed E-state index contributed by atoms with van der Waals surface area (Å²) >= 11 is 4.55. The van der Waals surface area contributed by atoms with Gasteiger partial charge >= 0.3 is 49.1 Å². The first kappa shape index (κ1) is 34.1. The van der Waals surface area contributed by atoms with Crippen molar-refractivity contribution in [2.45, 2.75) is 92.9 Å². The van der Waals surface area contributed by atoms with Crippen molar-refractivity contribution in [3.05, 3.63) is 88.2 Å². The van der Waals surface area contributed by atoms with Gasteiger partial charge in [0.15, 0.2) is 0 Å². The Labute approximate surface area is 265 Å². The predicted octanol–water partition coefficient (Wildman–Crippen LogP) is 11.6. The molecule has 0 amide bonds. The van der Waals surface area contributed by atoms with Crippen LogP contribution in [0.25, 0.3) is 0 Å². The van der Waals surface area contributed by atoms with Gasteiger partial charge in [0.1, 0.15) is 0 Å². The summed E-state index contributed by atoms with van der Waals surface area (Å²) in [6.07, 6.45) is 0. The first-order valence-electron chi connectivity index (χ1n) is 13.6. The van der Waals surface area contributed by atoms with Crippen molar-refractivity contribution in [3.63, 3.8) is 0 Å². The molecule has 39 heavy (non-hydrogen) atoms. The van der Waals surface area contributed by atoms with E-state index in [0.29, 0.717) is 23.7 Å². The van der Waals surface area contributed by atoms with Gasteiger partial charge in [-0.25, -0.2) is 4.98 Å². The Balaban J connectivity index is 0.00000170. The quantitative estimate of drug-likeness (QED) is 0.127. The summed E-state index contributed by atoms with van der Waals surface area (Å²) in [7, 11) is 1.19. The van der Waals surface area contributed by atoms with E-state index in [1.807, 2.05) is 12.1 Å². The molecule has 1 aromatic heterocycles. The minimum absolute atomic E-state index is 0.403. The number of benzene rings is 2. The van der Waals surface area contributed by atoms with Gasteiger partial charge in [0.2, 0.25) is 0 Å². The van der Waals surface area contributed by atoms with Crippen LogP contribution in [0.1, 0.15) is 127 Å². The van der Waals surface area contributed by atoms with Crippen LogP contribution in [0.5, 0.6) is 0 Å². The zero-order valence-corrected chi connectivity index (χ0v) is 30.4. The summed E-state index contributed by atoms with van der Waals surface area (Å²) in [6, 6.07) is 19.2. The Morgan fingerprint density at radius 2 is 0.821 bits per heavy atom. The topological polar surface area (TPSA) is 37.6 Å². The van der Waals surface area contributed by atoms with E-state index in [-0.39, 0.29) is 0 Å². The molecule has 6 heteroatoms. The third-order valence-electron chi connectivity index (χ3n) is 6.73. The molecule has 0 aliphatic carbocycles. The first-order valence-corrected chi connectivity index (χ1v) is 20.7. The van der Waals surface area contributed by atoms with Gasteiger partial charge in [0.05, 0.1) is 34.2 Å². The van der Waals surface area contributed by atoms with Crippen LogP contribution in [0.2, 0.25) is 0 Å². The number of aromatic nitrogens is 1. The van der Waals surface area contributed by atoms with Gasteiger partial charge in [-0.05, 0) is 71.9 Å². The molecule has 0 unspecified atom stereocenters. The summed E-state index contributed by atoms with van der Waals surface area (Å²) < 4.78 is 0. The van der Waals surface area contributed by atoms with E-state index in [2.05, 4.69) is 152 Å². The number of aliphatic imine (C=N–C) groups is 2. The molecule has 212 valence electrons. The zero-order chi connectivity index (χ0) is 29.3. The van der Waals surface area contributed by atoms with Gasteiger partial charge < -0.3 is 0 Å². The third-order valence-corrected chi connectivity index (χ3v) is 6.73. The van der Waals surface area contributed by atoms with E-state index in [9.17, 15) is 0 Å². The molecule has 3 rings (SSSR count). The van der Waals surface area contributed by atoms with Gasteiger partial charge in [0, 0.05) is 0 Å². The molecule has 0 fully saturated rings. The van der Waals surface area contributed by atoms with Crippen LogP contribution >= 0.6 is 40.7 Å². The van der Waals surface area contributed by atoms with Crippen molar-refractivity contribution in [1.29, 1.82) is 0 Å². The third kappa shape index (κ3) is 9.47. The summed E-state index contributed by atoms with van der Waals surface area (Å²) in [5.74, 6) is 1.61. The number of nitrogens with zero attached hydrogens (tertiary/aromatic N) is 3. The molecule has 0 saturated heterocycles. The molecule has 3 nitrogen and oxygen atoms in total. The molecule has 0 saturated carbocycles. The van der Waals surface area contributed by atoms with E-state index in [1.165, 1.54) is 30.7 Å². The molecule has 0 bridgehead atoms. The Kier molecular flexibility index (Phi) is 14.3. The van der Waals surface area contributed by atoms with E-state index in [1.54, 1.807) is 0 Å². The Morgan fingerprint density at radius 1 is 0.564 bits per heavy atom. The van der Waals surface area contributed by atoms with Crippen LogP contribution in [-0.2, 0) is 8.46 Å². The monoisotopic (exact) mass is 791 g/mol. The second kappa shape index (κ2) is 16.4. The first-order chi connectivity index (χ1) is 18.4. The summed E-state index contributed by atoms with van der Waals surface area (Å²) in [5, 5.41) is 0. The maximum absolute atomic E-state index is 5.15. The standard InChI is InChI=1S/C33H43N3.Fe.2HI/c1-20(2)26-14-11-15-27(21(3)4)32(26)34-24(9)30-18-13-19-31(36-30)25(10)35-33-28(22(5)6)16-12-17-29(33)23(7)8;;;/h11-23H,1-10H3;;2*1H/q;+2;;/p-2. The van der Waals surface area contributed by atoms with Crippen LogP contribution in [0.3, 0.4) is 0 Å². The molecular weight excluding hydrogens is 748 g/mol. The fourth-order valence-corrected chi connectivity index (χ4v) is 4.57. The zero-order valence-electron chi connectivity index (χ0n) is 25.0. The van der Waals surface area contributed by atoms with Crippen LogP contribution in [0.15, 0.2) is 64.6 Å². The number of hydrogen-bond acceptors (Lipinski definition) is 3. The van der Waals surface area contributed by atoms with Crippen LogP contribution in [-0.4, -0.2) is 16.4 Å². The van der Waals surface area contributed by atoms with E-state index in [4.69, 9.17) is 15.0 Å². The molecule has 0 N–H and O–H groups in total. The van der Waals surface area contributed by atoms with Crippen molar-refractivity contribution >= 4 is 63.5 Å². The Bertz CT molecular complexity index is 1150. The van der Waals surface area contributed by atoms with Crippen LogP contribution in [0, 0.1) is 0 Å². The van der Waals surface area contributed by atoms with Crippen molar-refractivity contribution in [2.24, 2.45) is 9.98 Å². The predicted molar refractivity (Wildman–Crippen MR) is 185 cm³/mol. The SMILES string of the molecule is CC(=Nc1c(C(C)C)cccc1C(C)C)c1cccc(C(C)=Nc2c(C(C)C)cccc2C(C)C)n1.[I][Fe][I]. The van der Waals surface area contributed by atoms with E-state index >= 15 is 0 Å². The van der Waals surface area contributed by atoms with Crippen LogP contribution < -0.4 is 0 Å². The van der Waals surface area contributed by atoms with Crippen molar-refractivity contribution < 1.29 is 8.46 Å². The molecule has 3 aromatic rings. The number of hydrogen-bond donors (Lipinski definition) is 0. The van der Waals surface area contributed by atoms with Crippen molar-refractivity contribution in [2.75, 3.05) is 0 Å². The summed E-state index contributed by atoms with van der Waals surface area (Å²) in [5.41, 5.74) is 10.9. The summed E-state index contributed by atoms with van der Waals surface area (Å²) in [6.45, 7) is 22.0. The van der Waals surface area contributed by atoms with Gasteiger partial charge in [-0.2, -0.15) is 0 Å². The fourth-order valence-electron chi connectivity index (χ4n) is 4.57. The average molecular weight is 791 g/mol. The molecular formula is C33H43FeI2N3. The second-order valence-corrected chi connectivity index (χ2v) is 20.4. The molecule has 0 aliphatic heterocycles. The minimum atomic E-state index is 0.403.